The lowest BCUT2D eigenvalue weighted by Crippen LogP contribution is -2.12. The summed E-state index contributed by atoms with van der Waals surface area (Å²) in [5.41, 5.74) is 1.66. The Hall–Kier alpha value is -3.00. The summed E-state index contributed by atoms with van der Waals surface area (Å²) in [4.78, 5) is 16.5. The molecule has 0 radical (unpaired) electrons. The second-order valence-electron chi connectivity index (χ2n) is 6.45. The summed E-state index contributed by atoms with van der Waals surface area (Å²) in [7, 11) is 0. The van der Waals surface area contributed by atoms with E-state index >= 15 is 0 Å². The maximum absolute atomic E-state index is 12.3. The van der Waals surface area contributed by atoms with Crippen LogP contribution in [0.25, 0.3) is 0 Å². The molecule has 3 rings (SSSR count). The molecule has 0 unspecified atom stereocenters. The minimum absolute atomic E-state index is 0.0862. The van der Waals surface area contributed by atoms with Crippen molar-refractivity contribution in [3.63, 3.8) is 0 Å². The average molecular weight is 322 g/mol. The number of hydrogen-bond donors (Lipinski definition) is 1. The van der Waals surface area contributed by atoms with Crippen LogP contribution in [0, 0.1) is 17.3 Å². The summed E-state index contributed by atoms with van der Waals surface area (Å²) < 4.78 is 10.5. The Labute approximate surface area is 141 Å². The largest absolute Gasteiger partial charge is 0.454 e. The monoisotopic (exact) mass is 322 g/mol. The SMILES string of the molecule is CC(C)(C)C#Cc1ccc(C(=O)Nc2ccc3c(c2)OCO3)cn1. The number of nitrogens with zero attached hydrogens (tertiary/aromatic N) is 1. The quantitative estimate of drug-likeness (QED) is 0.860. The first-order chi connectivity index (χ1) is 11.4. The molecule has 2 heterocycles. The van der Waals surface area contributed by atoms with Crippen LogP contribution in [0.1, 0.15) is 36.8 Å². The number of pyridine rings is 1. The lowest BCUT2D eigenvalue weighted by Gasteiger charge is -2.07. The highest BCUT2D eigenvalue weighted by Crippen LogP contribution is 2.34. The van der Waals surface area contributed by atoms with E-state index in [1.807, 2.05) is 20.8 Å². The third-order valence-corrected chi connectivity index (χ3v) is 3.22. The van der Waals surface area contributed by atoms with Gasteiger partial charge in [-0.15, -0.1) is 0 Å². The van der Waals surface area contributed by atoms with Gasteiger partial charge in [-0.25, -0.2) is 4.98 Å². The van der Waals surface area contributed by atoms with Crippen molar-refractivity contribution < 1.29 is 14.3 Å². The molecular formula is C19H18N2O3. The molecule has 1 aliphatic heterocycles. The summed E-state index contributed by atoms with van der Waals surface area (Å²) in [5.74, 6) is 7.18. The summed E-state index contributed by atoms with van der Waals surface area (Å²) in [6.45, 7) is 6.31. The highest BCUT2D eigenvalue weighted by molar-refractivity contribution is 6.04. The fraction of sp³-hybridized carbons (Fsp3) is 0.263. The zero-order chi connectivity index (χ0) is 17.2. The lowest BCUT2D eigenvalue weighted by atomic mass is 9.98. The third kappa shape index (κ3) is 3.85. The molecule has 24 heavy (non-hydrogen) atoms. The number of fused-ring (bicyclic) bond motifs is 1. The minimum atomic E-state index is -0.239. The molecule has 1 aromatic heterocycles. The predicted molar refractivity (Wildman–Crippen MR) is 91.1 cm³/mol. The minimum Gasteiger partial charge on any atom is -0.454 e. The van der Waals surface area contributed by atoms with Crippen molar-refractivity contribution in [2.45, 2.75) is 20.8 Å². The fourth-order valence-corrected chi connectivity index (χ4v) is 2.03. The van der Waals surface area contributed by atoms with Crippen LogP contribution < -0.4 is 14.8 Å². The topological polar surface area (TPSA) is 60.5 Å². The van der Waals surface area contributed by atoms with Gasteiger partial charge in [-0.2, -0.15) is 0 Å². The normalized spacial score (nSPS) is 12.3. The van der Waals surface area contributed by atoms with Crippen molar-refractivity contribution in [1.29, 1.82) is 0 Å². The number of anilines is 1. The number of carbonyl (C=O) groups is 1. The first kappa shape index (κ1) is 15.9. The second-order valence-corrected chi connectivity index (χ2v) is 6.45. The number of amides is 1. The molecule has 1 amide bonds. The van der Waals surface area contributed by atoms with Crippen molar-refractivity contribution in [3.8, 4) is 23.3 Å². The van der Waals surface area contributed by atoms with Crippen LogP contribution in [0.5, 0.6) is 11.5 Å². The Morgan fingerprint density at radius 1 is 1.17 bits per heavy atom. The molecule has 1 N–H and O–H groups in total. The Morgan fingerprint density at radius 3 is 2.67 bits per heavy atom. The van der Waals surface area contributed by atoms with Gasteiger partial charge in [-0.1, -0.05) is 5.92 Å². The number of ether oxygens (including phenoxy) is 2. The number of hydrogen-bond acceptors (Lipinski definition) is 4. The van der Waals surface area contributed by atoms with E-state index in [1.54, 1.807) is 30.3 Å². The van der Waals surface area contributed by atoms with E-state index in [4.69, 9.17) is 9.47 Å². The van der Waals surface area contributed by atoms with E-state index in [0.717, 1.165) is 0 Å². The highest BCUT2D eigenvalue weighted by atomic mass is 16.7. The molecule has 1 aromatic carbocycles. The van der Waals surface area contributed by atoms with Crippen molar-refractivity contribution >= 4 is 11.6 Å². The second kappa shape index (κ2) is 6.25. The van der Waals surface area contributed by atoms with Gasteiger partial charge in [0.25, 0.3) is 5.91 Å². The summed E-state index contributed by atoms with van der Waals surface area (Å²) in [6.07, 6.45) is 1.52. The molecule has 0 bridgehead atoms. The molecule has 0 atom stereocenters. The van der Waals surface area contributed by atoms with E-state index < -0.39 is 0 Å². The Bertz CT molecular complexity index is 824. The van der Waals surface area contributed by atoms with Crippen LogP contribution >= 0.6 is 0 Å². The Balaban J connectivity index is 1.70. The summed E-state index contributed by atoms with van der Waals surface area (Å²) >= 11 is 0. The smallest absolute Gasteiger partial charge is 0.257 e. The van der Waals surface area contributed by atoms with Crippen LogP contribution in [0.15, 0.2) is 36.5 Å². The summed E-state index contributed by atoms with van der Waals surface area (Å²) in [6, 6.07) is 8.72. The van der Waals surface area contributed by atoms with E-state index in [2.05, 4.69) is 22.1 Å². The van der Waals surface area contributed by atoms with Gasteiger partial charge >= 0.3 is 0 Å². The zero-order valence-corrected chi connectivity index (χ0v) is 13.8. The highest BCUT2D eigenvalue weighted by Gasteiger charge is 2.14. The van der Waals surface area contributed by atoms with Gasteiger partial charge < -0.3 is 14.8 Å². The lowest BCUT2D eigenvalue weighted by molar-refractivity contribution is 0.102. The van der Waals surface area contributed by atoms with Gasteiger partial charge in [-0.3, -0.25) is 4.79 Å². The number of rotatable bonds is 2. The van der Waals surface area contributed by atoms with Gasteiger partial charge in [-0.05, 0) is 51.0 Å². The van der Waals surface area contributed by atoms with E-state index in [1.165, 1.54) is 6.20 Å². The van der Waals surface area contributed by atoms with Gasteiger partial charge in [0, 0.05) is 23.4 Å². The van der Waals surface area contributed by atoms with Crippen LogP contribution in [0.2, 0.25) is 0 Å². The molecule has 0 spiro atoms. The molecule has 0 saturated heterocycles. The third-order valence-electron chi connectivity index (χ3n) is 3.22. The molecule has 0 aliphatic carbocycles. The van der Waals surface area contributed by atoms with Gasteiger partial charge in [0.05, 0.1) is 5.56 Å². The van der Waals surface area contributed by atoms with Gasteiger partial charge in [0.2, 0.25) is 6.79 Å². The van der Waals surface area contributed by atoms with Crippen molar-refractivity contribution in [1.82, 2.24) is 4.98 Å². The van der Waals surface area contributed by atoms with Crippen molar-refractivity contribution in [2.75, 3.05) is 12.1 Å². The maximum atomic E-state index is 12.3. The Kier molecular flexibility index (Phi) is 4.13. The number of nitrogens with one attached hydrogen (secondary N) is 1. The van der Waals surface area contributed by atoms with Crippen LogP contribution in [0.3, 0.4) is 0 Å². The van der Waals surface area contributed by atoms with Crippen LogP contribution in [-0.4, -0.2) is 17.7 Å². The average Bonchev–Trinajstić information content (AvgIpc) is 3.00. The standard InChI is InChI=1S/C19H18N2O3/c1-19(2,3)9-8-14-5-4-13(11-20-14)18(22)21-15-6-7-16-17(10-15)24-12-23-16/h4-7,10-11H,12H2,1-3H3,(H,21,22). The van der Waals surface area contributed by atoms with Gasteiger partial charge in [0.15, 0.2) is 11.5 Å². The molecule has 5 heteroatoms. The molecule has 5 nitrogen and oxygen atoms in total. The first-order valence-electron chi connectivity index (χ1n) is 7.61. The van der Waals surface area contributed by atoms with Crippen LogP contribution in [-0.2, 0) is 0 Å². The van der Waals surface area contributed by atoms with E-state index in [-0.39, 0.29) is 18.1 Å². The summed E-state index contributed by atoms with van der Waals surface area (Å²) in [5, 5.41) is 2.81. The number of aromatic nitrogens is 1. The Morgan fingerprint density at radius 2 is 1.96 bits per heavy atom. The van der Waals surface area contributed by atoms with Gasteiger partial charge in [0.1, 0.15) is 5.69 Å². The molecule has 0 saturated carbocycles. The zero-order valence-electron chi connectivity index (χ0n) is 13.8. The molecule has 1 aliphatic rings. The predicted octanol–water partition coefficient (Wildman–Crippen LogP) is 3.46. The van der Waals surface area contributed by atoms with Crippen LogP contribution in [0.4, 0.5) is 5.69 Å². The maximum Gasteiger partial charge on any atom is 0.257 e. The number of carbonyl (C=O) groups excluding carboxylic acids is 1. The van der Waals surface area contributed by atoms with E-state index in [9.17, 15) is 4.79 Å². The molecule has 122 valence electrons. The number of benzene rings is 1. The molecule has 0 fully saturated rings. The van der Waals surface area contributed by atoms with Crippen molar-refractivity contribution in [2.24, 2.45) is 5.41 Å². The fourth-order valence-electron chi connectivity index (χ4n) is 2.03. The van der Waals surface area contributed by atoms with Crippen molar-refractivity contribution in [3.05, 3.63) is 47.8 Å². The first-order valence-corrected chi connectivity index (χ1v) is 7.61. The van der Waals surface area contributed by atoms with E-state index in [0.29, 0.717) is 28.4 Å². The molecular weight excluding hydrogens is 304 g/mol. The molecule has 2 aromatic rings.